The molecular weight excluding hydrogens is 427 g/mol. The molecule has 0 saturated carbocycles. The number of hydrazone groups is 1. The summed E-state index contributed by atoms with van der Waals surface area (Å²) in [4.78, 5) is 25.2. The predicted octanol–water partition coefficient (Wildman–Crippen LogP) is 3.96. The van der Waals surface area contributed by atoms with Gasteiger partial charge < -0.3 is 9.15 Å². The molecule has 0 spiro atoms. The van der Waals surface area contributed by atoms with Crippen LogP contribution in [0, 0.1) is 12.7 Å². The van der Waals surface area contributed by atoms with Gasteiger partial charge in [0.15, 0.2) is 5.76 Å². The van der Waals surface area contributed by atoms with Gasteiger partial charge in [0.2, 0.25) is 0 Å². The number of furan rings is 1. The zero-order valence-corrected chi connectivity index (χ0v) is 18.2. The summed E-state index contributed by atoms with van der Waals surface area (Å²) in [5, 5.41) is 4.46. The Bertz CT molecular complexity index is 1220. The quantitative estimate of drug-likeness (QED) is 0.511. The van der Waals surface area contributed by atoms with Crippen molar-refractivity contribution < 1.29 is 23.1 Å². The minimum absolute atomic E-state index is 0.108. The second-order valence-corrected chi connectivity index (χ2v) is 7.49. The minimum Gasteiger partial charge on any atom is -0.496 e. The van der Waals surface area contributed by atoms with Gasteiger partial charge in [-0.15, -0.1) is 0 Å². The average molecular weight is 450 g/mol. The average Bonchev–Trinajstić information content (AvgIpc) is 3.19. The first kappa shape index (κ1) is 22.1. The lowest BCUT2D eigenvalue weighted by atomic mass is 9.93. The first-order chi connectivity index (χ1) is 16.0. The molecule has 2 amide bonds. The van der Waals surface area contributed by atoms with Crippen molar-refractivity contribution in [3.8, 4) is 5.75 Å². The molecule has 0 bridgehead atoms. The van der Waals surface area contributed by atoms with E-state index >= 15 is 0 Å². The zero-order valence-electron chi connectivity index (χ0n) is 18.2. The molecule has 1 aliphatic rings. The molecule has 3 aromatic rings. The fourth-order valence-corrected chi connectivity index (χ4v) is 3.72. The molecule has 1 heterocycles. The molecule has 8 nitrogen and oxygen atoms in total. The molecule has 4 rings (SSSR count). The van der Waals surface area contributed by atoms with Crippen molar-refractivity contribution in [1.82, 2.24) is 10.9 Å². The minimum atomic E-state index is -0.573. The maximum absolute atomic E-state index is 13.1. The van der Waals surface area contributed by atoms with Crippen LogP contribution in [0.15, 0.2) is 58.0 Å². The summed E-state index contributed by atoms with van der Waals surface area (Å²) in [6, 6.07) is 12.6. The lowest BCUT2D eigenvalue weighted by molar-refractivity contribution is 0.0827. The fraction of sp³-hybridized carbons (Fsp3) is 0.208. The molecule has 2 aromatic carbocycles. The number of hydrogen-bond donors (Lipinski definition) is 3. The molecule has 3 N–H and O–H groups in total. The Hall–Kier alpha value is -4.14. The van der Waals surface area contributed by atoms with Crippen LogP contribution in [0.5, 0.6) is 5.75 Å². The number of nitrogens with zero attached hydrogens (tertiary/aromatic N) is 1. The number of para-hydroxylation sites is 1. The van der Waals surface area contributed by atoms with Crippen molar-refractivity contribution in [2.75, 3.05) is 12.5 Å². The molecule has 0 saturated heterocycles. The molecule has 0 unspecified atom stereocenters. The molecule has 0 radical (unpaired) electrons. The van der Waals surface area contributed by atoms with E-state index in [0.29, 0.717) is 35.6 Å². The van der Waals surface area contributed by atoms with Gasteiger partial charge in [-0.25, -0.2) is 4.39 Å². The number of rotatable bonds is 5. The van der Waals surface area contributed by atoms with E-state index in [1.54, 1.807) is 43.3 Å². The summed E-state index contributed by atoms with van der Waals surface area (Å²) < 4.78 is 24.1. The Morgan fingerprint density at radius 3 is 2.52 bits per heavy atom. The summed E-state index contributed by atoms with van der Waals surface area (Å²) in [7, 11) is 1.46. The number of ether oxygens (including phenoxy) is 1. The topological polar surface area (TPSA) is 105 Å². The summed E-state index contributed by atoms with van der Waals surface area (Å²) in [6.45, 7) is 1.78. The van der Waals surface area contributed by atoms with Crippen molar-refractivity contribution in [2.24, 2.45) is 5.10 Å². The van der Waals surface area contributed by atoms with Gasteiger partial charge in [0.1, 0.15) is 17.3 Å². The smallest absolute Gasteiger partial charge is 0.305 e. The second-order valence-electron chi connectivity index (χ2n) is 7.49. The molecule has 9 heteroatoms. The Morgan fingerprint density at radius 2 is 1.76 bits per heavy atom. The Morgan fingerprint density at radius 1 is 1.03 bits per heavy atom. The molecule has 0 fully saturated rings. The number of benzene rings is 2. The van der Waals surface area contributed by atoms with E-state index in [4.69, 9.17) is 9.15 Å². The number of carbonyl (C=O) groups excluding carboxylic acids is 2. The van der Waals surface area contributed by atoms with E-state index < -0.39 is 11.8 Å². The monoisotopic (exact) mass is 450 g/mol. The van der Waals surface area contributed by atoms with Crippen molar-refractivity contribution in [1.29, 1.82) is 0 Å². The Kier molecular flexibility index (Phi) is 6.39. The highest BCUT2D eigenvalue weighted by Crippen LogP contribution is 2.30. The molecule has 170 valence electrons. The molecular formula is C24H23FN4O4. The summed E-state index contributed by atoms with van der Waals surface area (Å²) in [5.74, 6) is -0.247. The number of fused-ring (bicyclic) bond motifs is 1. The van der Waals surface area contributed by atoms with Crippen LogP contribution in [0.1, 0.15) is 50.6 Å². The number of aryl methyl sites for hydroxylation is 1. The van der Waals surface area contributed by atoms with Crippen molar-refractivity contribution in [3.63, 3.8) is 0 Å². The van der Waals surface area contributed by atoms with Crippen LogP contribution in [-0.4, -0.2) is 24.6 Å². The van der Waals surface area contributed by atoms with E-state index in [9.17, 15) is 14.0 Å². The van der Waals surface area contributed by atoms with E-state index in [1.807, 2.05) is 0 Å². The van der Waals surface area contributed by atoms with Gasteiger partial charge >= 0.3 is 5.91 Å². The lowest BCUT2D eigenvalue weighted by Crippen LogP contribution is -2.41. The van der Waals surface area contributed by atoms with Gasteiger partial charge in [-0.05, 0) is 56.2 Å². The first-order valence-electron chi connectivity index (χ1n) is 10.4. The van der Waals surface area contributed by atoms with Crippen LogP contribution >= 0.6 is 0 Å². The number of carbonyl (C=O) groups is 2. The van der Waals surface area contributed by atoms with E-state index in [-0.39, 0.29) is 17.1 Å². The third-order valence-electron chi connectivity index (χ3n) is 5.34. The van der Waals surface area contributed by atoms with Gasteiger partial charge in [0.25, 0.3) is 5.91 Å². The maximum atomic E-state index is 13.1. The van der Waals surface area contributed by atoms with Crippen LogP contribution in [-0.2, 0) is 6.42 Å². The number of hydrogen-bond acceptors (Lipinski definition) is 6. The molecule has 0 atom stereocenters. The molecule has 0 aliphatic heterocycles. The molecule has 1 aliphatic carbocycles. The number of methoxy groups -OCH3 is 1. The van der Waals surface area contributed by atoms with Gasteiger partial charge in [0, 0.05) is 17.5 Å². The normalized spacial score (nSPS) is 13.8. The largest absolute Gasteiger partial charge is 0.496 e. The first-order valence-corrected chi connectivity index (χ1v) is 10.4. The van der Waals surface area contributed by atoms with Crippen molar-refractivity contribution >= 4 is 23.2 Å². The Balaban J connectivity index is 1.49. The van der Waals surface area contributed by atoms with Gasteiger partial charge in [0.05, 0.1) is 24.1 Å². The van der Waals surface area contributed by atoms with Crippen molar-refractivity contribution in [3.05, 3.63) is 82.6 Å². The van der Waals surface area contributed by atoms with E-state index in [2.05, 4.69) is 21.4 Å². The highest BCUT2D eigenvalue weighted by molar-refractivity contribution is 6.07. The summed E-state index contributed by atoms with van der Waals surface area (Å²) in [6.07, 6.45) is 2.19. The van der Waals surface area contributed by atoms with E-state index in [0.717, 1.165) is 17.7 Å². The van der Waals surface area contributed by atoms with E-state index in [1.165, 1.54) is 19.2 Å². The number of anilines is 1. The zero-order chi connectivity index (χ0) is 23.4. The Labute approximate surface area is 189 Å². The van der Waals surface area contributed by atoms with Crippen LogP contribution in [0.2, 0.25) is 0 Å². The lowest BCUT2D eigenvalue weighted by Gasteiger charge is -2.13. The number of nitrogens with one attached hydrogen (secondary N) is 3. The highest BCUT2D eigenvalue weighted by atomic mass is 19.1. The van der Waals surface area contributed by atoms with Crippen molar-refractivity contribution in [2.45, 2.75) is 26.2 Å². The maximum Gasteiger partial charge on any atom is 0.305 e. The molecule has 1 aromatic heterocycles. The highest BCUT2D eigenvalue weighted by Gasteiger charge is 2.28. The number of halogens is 1. The van der Waals surface area contributed by atoms with Crippen LogP contribution in [0.3, 0.4) is 0 Å². The third kappa shape index (κ3) is 4.72. The number of amides is 2. The summed E-state index contributed by atoms with van der Waals surface area (Å²) >= 11 is 0. The predicted molar refractivity (Wildman–Crippen MR) is 121 cm³/mol. The van der Waals surface area contributed by atoms with Crippen LogP contribution in [0.25, 0.3) is 0 Å². The standard InChI is InChI=1S/C24H23FN4O4/c1-14-21-18(27-26-16-12-10-15(25)11-13-16)7-5-9-20(21)33-22(14)24(31)29-28-23(30)17-6-3-4-8-19(17)32-2/h3-4,6,8,10-13,26H,5,7,9H2,1-2H3,(H,28,30)(H,29,31)/b27-18+. The molecule has 33 heavy (non-hydrogen) atoms. The van der Waals surface area contributed by atoms with Gasteiger partial charge in [-0.2, -0.15) is 5.10 Å². The van der Waals surface area contributed by atoms with Gasteiger partial charge in [-0.1, -0.05) is 12.1 Å². The van der Waals surface area contributed by atoms with Gasteiger partial charge in [-0.3, -0.25) is 25.9 Å². The van der Waals surface area contributed by atoms with Crippen LogP contribution < -0.4 is 21.0 Å². The second kappa shape index (κ2) is 9.56. The fourth-order valence-electron chi connectivity index (χ4n) is 3.72. The van der Waals surface area contributed by atoms with Crippen LogP contribution in [0.4, 0.5) is 10.1 Å². The third-order valence-corrected chi connectivity index (χ3v) is 5.34. The SMILES string of the molecule is COc1ccccc1C(=O)NNC(=O)c1oc2c(c1C)/C(=N/Nc1ccc(F)cc1)CCC2. The number of hydrazine groups is 1. The summed E-state index contributed by atoms with van der Waals surface area (Å²) in [5.41, 5.74) is 10.8.